The van der Waals surface area contributed by atoms with Gasteiger partial charge in [-0.25, -0.2) is 8.42 Å². The molecule has 1 N–H and O–H groups in total. The van der Waals surface area contributed by atoms with Crippen LogP contribution < -0.4 is 14.4 Å². The second kappa shape index (κ2) is 14.6. The molecule has 0 fully saturated rings. The highest BCUT2D eigenvalue weighted by Gasteiger charge is 2.34. The summed E-state index contributed by atoms with van der Waals surface area (Å²) in [5, 5.41) is 14.7. The minimum Gasteiger partial charge on any atom is -0.495 e. The van der Waals surface area contributed by atoms with Crippen LogP contribution in [0.4, 0.5) is 11.4 Å². The van der Waals surface area contributed by atoms with E-state index in [0.717, 1.165) is 22.2 Å². The Kier molecular flexibility index (Phi) is 11.3. The number of nitro groups is 1. The molecule has 0 saturated carbocycles. The maximum Gasteiger partial charge on any atom is 0.271 e. The van der Waals surface area contributed by atoms with Crippen LogP contribution in [0.2, 0.25) is 5.02 Å². The first-order chi connectivity index (χ1) is 20.0. The Morgan fingerprint density at radius 1 is 1.07 bits per heavy atom. The standard InChI is InChI=1S/C29H33ClN4O7S/c1-4-16-31-29(36)26(17-21-10-6-5-7-11-21)32(19-22-12-8-9-13-24(22)30)28(35)20-33(42(3,39)40)25-18-23(34(37)38)14-15-27(25)41-2/h5-15,18,26H,4,16-17,19-20H2,1-3H3,(H,31,36). The number of sulfonamides is 1. The molecule has 0 spiro atoms. The number of rotatable bonds is 14. The zero-order valence-electron chi connectivity index (χ0n) is 23.5. The monoisotopic (exact) mass is 616 g/mol. The molecule has 11 nitrogen and oxygen atoms in total. The molecule has 224 valence electrons. The molecule has 2 amide bonds. The van der Waals surface area contributed by atoms with E-state index in [1.807, 2.05) is 37.3 Å². The van der Waals surface area contributed by atoms with Gasteiger partial charge in [0.15, 0.2) is 0 Å². The molecule has 13 heteroatoms. The summed E-state index contributed by atoms with van der Waals surface area (Å²) in [6, 6.07) is 18.4. The third kappa shape index (κ3) is 8.43. The van der Waals surface area contributed by atoms with Crippen molar-refractivity contribution in [3.8, 4) is 5.75 Å². The first-order valence-electron chi connectivity index (χ1n) is 13.1. The summed E-state index contributed by atoms with van der Waals surface area (Å²) in [7, 11) is -2.88. The van der Waals surface area contributed by atoms with Crippen LogP contribution in [0.3, 0.4) is 0 Å². The van der Waals surface area contributed by atoms with Gasteiger partial charge in [0.25, 0.3) is 5.69 Å². The van der Waals surface area contributed by atoms with Crippen molar-refractivity contribution >= 4 is 44.8 Å². The van der Waals surface area contributed by atoms with E-state index < -0.39 is 39.3 Å². The summed E-state index contributed by atoms with van der Waals surface area (Å²) < 4.78 is 32.1. The lowest BCUT2D eigenvalue weighted by Crippen LogP contribution is -2.53. The van der Waals surface area contributed by atoms with Gasteiger partial charge in [0.2, 0.25) is 21.8 Å². The SMILES string of the molecule is CCCNC(=O)C(Cc1ccccc1)N(Cc1ccccc1Cl)C(=O)CN(c1cc([N+](=O)[O-])ccc1OC)S(C)(=O)=O. The van der Waals surface area contributed by atoms with E-state index in [4.69, 9.17) is 16.3 Å². The van der Waals surface area contributed by atoms with Crippen molar-refractivity contribution in [3.63, 3.8) is 0 Å². The van der Waals surface area contributed by atoms with Crippen LogP contribution in [0.15, 0.2) is 72.8 Å². The summed E-state index contributed by atoms with van der Waals surface area (Å²) in [6.45, 7) is 1.42. The van der Waals surface area contributed by atoms with Crippen molar-refractivity contribution in [3.05, 3.63) is 99.1 Å². The zero-order valence-corrected chi connectivity index (χ0v) is 25.1. The number of halogens is 1. The zero-order chi connectivity index (χ0) is 30.9. The third-order valence-electron chi connectivity index (χ3n) is 6.44. The fraction of sp³-hybridized carbons (Fsp3) is 0.310. The van der Waals surface area contributed by atoms with Gasteiger partial charge in [0, 0.05) is 36.7 Å². The highest BCUT2D eigenvalue weighted by atomic mass is 35.5. The molecule has 1 unspecified atom stereocenters. The van der Waals surface area contributed by atoms with Gasteiger partial charge in [-0.15, -0.1) is 0 Å². The van der Waals surface area contributed by atoms with Crippen molar-refractivity contribution < 1.29 is 27.7 Å². The van der Waals surface area contributed by atoms with Crippen molar-refractivity contribution in [1.82, 2.24) is 10.2 Å². The van der Waals surface area contributed by atoms with E-state index in [1.54, 1.807) is 24.3 Å². The van der Waals surface area contributed by atoms with Gasteiger partial charge in [-0.2, -0.15) is 0 Å². The first kappa shape index (κ1) is 32.4. The minimum absolute atomic E-state index is 0.0120. The fourth-order valence-electron chi connectivity index (χ4n) is 4.31. The van der Waals surface area contributed by atoms with E-state index >= 15 is 0 Å². The van der Waals surface area contributed by atoms with Crippen LogP contribution in [0, 0.1) is 10.1 Å². The normalized spacial score (nSPS) is 11.8. The quantitative estimate of drug-likeness (QED) is 0.212. The Morgan fingerprint density at radius 2 is 1.74 bits per heavy atom. The number of hydrogen-bond acceptors (Lipinski definition) is 7. The predicted octanol–water partition coefficient (Wildman–Crippen LogP) is 4.19. The number of methoxy groups -OCH3 is 1. The van der Waals surface area contributed by atoms with Crippen molar-refractivity contribution in [2.75, 3.05) is 30.8 Å². The number of nitro benzene ring substituents is 1. The van der Waals surface area contributed by atoms with Crippen LogP contribution in [0.1, 0.15) is 24.5 Å². The molecule has 0 radical (unpaired) electrons. The maximum absolute atomic E-state index is 14.1. The summed E-state index contributed by atoms with van der Waals surface area (Å²) >= 11 is 6.44. The Hall–Kier alpha value is -4.16. The van der Waals surface area contributed by atoms with Gasteiger partial charge >= 0.3 is 0 Å². The summed E-state index contributed by atoms with van der Waals surface area (Å²) in [5.74, 6) is -1.13. The van der Waals surface area contributed by atoms with Crippen molar-refractivity contribution in [2.45, 2.75) is 32.4 Å². The number of ether oxygens (including phenoxy) is 1. The smallest absolute Gasteiger partial charge is 0.271 e. The second-order valence-electron chi connectivity index (χ2n) is 9.49. The summed E-state index contributed by atoms with van der Waals surface area (Å²) in [5.41, 5.74) is 0.759. The van der Waals surface area contributed by atoms with E-state index in [2.05, 4.69) is 5.32 Å². The van der Waals surface area contributed by atoms with Crippen molar-refractivity contribution in [2.24, 2.45) is 0 Å². The molecule has 3 rings (SSSR count). The highest BCUT2D eigenvalue weighted by molar-refractivity contribution is 7.92. The molecule has 0 aromatic heterocycles. The number of nitrogens with zero attached hydrogens (tertiary/aromatic N) is 3. The lowest BCUT2D eigenvalue weighted by molar-refractivity contribution is -0.384. The fourth-order valence-corrected chi connectivity index (χ4v) is 5.35. The van der Waals surface area contributed by atoms with Gasteiger partial charge in [-0.05, 0) is 29.7 Å². The number of benzene rings is 3. The van der Waals surface area contributed by atoms with Gasteiger partial charge in [-0.1, -0.05) is 67.1 Å². The van der Waals surface area contributed by atoms with Crippen LogP contribution in [-0.2, 0) is 32.6 Å². The maximum atomic E-state index is 14.1. The van der Waals surface area contributed by atoms with Gasteiger partial charge in [-0.3, -0.25) is 24.0 Å². The Labute approximate surface area is 250 Å². The number of carbonyl (C=O) groups is 2. The molecular weight excluding hydrogens is 584 g/mol. The number of nitrogens with one attached hydrogen (secondary N) is 1. The highest BCUT2D eigenvalue weighted by Crippen LogP contribution is 2.34. The lowest BCUT2D eigenvalue weighted by atomic mass is 10.0. The molecule has 3 aromatic carbocycles. The number of carbonyl (C=O) groups excluding carboxylic acids is 2. The molecule has 0 heterocycles. The van der Waals surface area contributed by atoms with E-state index in [0.29, 0.717) is 23.6 Å². The van der Waals surface area contributed by atoms with Gasteiger partial charge in [0.1, 0.15) is 24.0 Å². The molecular formula is C29H33ClN4O7S. The van der Waals surface area contributed by atoms with Gasteiger partial charge in [0.05, 0.1) is 18.3 Å². The Balaban J connectivity index is 2.12. The van der Waals surface area contributed by atoms with E-state index in [9.17, 15) is 28.1 Å². The molecule has 3 aromatic rings. The minimum atomic E-state index is -4.17. The summed E-state index contributed by atoms with van der Waals surface area (Å²) in [6.07, 6.45) is 1.69. The topological polar surface area (TPSA) is 139 Å². The number of anilines is 1. The predicted molar refractivity (Wildman–Crippen MR) is 161 cm³/mol. The van der Waals surface area contributed by atoms with E-state index in [1.165, 1.54) is 24.1 Å². The molecule has 1 atom stereocenters. The molecule has 0 aliphatic carbocycles. The summed E-state index contributed by atoms with van der Waals surface area (Å²) in [4.78, 5) is 39.8. The largest absolute Gasteiger partial charge is 0.495 e. The van der Waals surface area contributed by atoms with Crippen LogP contribution >= 0.6 is 11.6 Å². The number of amides is 2. The van der Waals surface area contributed by atoms with Crippen LogP contribution in [0.5, 0.6) is 5.75 Å². The average molecular weight is 617 g/mol. The van der Waals surface area contributed by atoms with Crippen LogP contribution in [-0.4, -0.2) is 62.6 Å². The van der Waals surface area contributed by atoms with Crippen LogP contribution in [0.25, 0.3) is 0 Å². The molecule has 42 heavy (non-hydrogen) atoms. The number of non-ortho nitro benzene ring substituents is 1. The van der Waals surface area contributed by atoms with Crippen molar-refractivity contribution in [1.29, 1.82) is 0 Å². The Morgan fingerprint density at radius 3 is 2.33 bits per heavy atom. The van der Waals surface area contributed by atoms with Gasteiger partial charge < -0.3 is 15.0 Å². The Bertz CT molecular complexity index is 1520. The molecule has 0 aliphatic heterocycles. The third-order valence-corrected chi connectivity index (χ3v) is 7.94. The second-order valence-corrected chi connectivity index (χ2v) is 11.8. The molecule has 0 bridgehead atoms. The molecule has 0 saturated heterocycles. The average Bonchev–Trinajstić information content (AvgIpc) is 2.96. The lowest BCUT2D eigenvalue weighted by Gasteiger charge is -2.33. The first-order valence-corrected chi connectivity index (χ1v) is 15.3. The van der Waals surface area contributed by atoms with E-state index in [-0.39, 0.29) is 30.1 Å². The molecule has 0 aliphatic rings. The number of hydrogen-bond donors (Lipinski definition) is 1.